The Morgan fingerprint density at radius 3 is 2.88 bits per heavy atom. The second-order valence-corrected chi connectivity index (χ2v) is 2.53. The summed E-state index contributed by atoms with van der Waals surface area (Å²) in [6.45, 7) is 0. The first-order valence-electron chi connectivity index (χ1n) is 2.15. The van der Waals surface area contributed by atoms with Gasteiger partial charge in [-0.1, -0.05) is 0 Å². The van der Waals surface area contributed by atoms with Crippen molar-refractivity contribution in [2.24, 2.45) is 0 Å². The predicted molar refractivity (Wildman–Crippen MR) is 39.2 cm³/mol. The van der Waals surface area contributed by atoms with E-state index in [1.54, 1.807) is 0 Å². The molecule has 0 aromatic carbocycles. The van der Waals surface area contributed by atoms with Crippen molar-refractivity contribution in [2.75, 3.05) is 5.73 Å². The normalized spacial score (nSPS) is 9.62. The van der Waals surface area contributed by atoms with Crippen LogP contribution in [0.5, 0.6) is 0 Å². The molecule has 0 radical (unpaired) electrons. The third-order valence-corrected chi connectivity index (χ3v) is 1.72. The second-order valence-electron chi connectivity index (χ2n) is 1.38. The van der Waals surface area contributed by atoms with Crippen molar-refractivity contribution in [2.45, 2.75) is 5.75 Å². The van der Waals surface area contributed by atoms with Crippen LogP contribution in [-0.4, -0.2) is 4.37 Å². The maximum absolute atomic E-state index is 5.38. The molecule has 0 aliphatic rings. The summed E-state index contributed by atoms with van der Waals surface area (Å²) in [5.41, 5.74) is 6.33. The standard InChI is InChI=1S/C4H6N2S2/c5-4-1-3(2-7)6-8-4/h1,7H,2,5H2. The fourth-order valence-corrected chi connectivity index (χ4v) is 1.19. The first-order valence-corrected chi connectivity index (χ1v) is 3.55. The molecule has 0 atom stereocenters. The molecule has 0 aliphatic heterocycles. The topological polar surface area (TPSA) is 38.9 Å². The molecule has 44 valence electrons. The van der Waals surface area contributed by atoms with E-state index >= 15 is 0 Å². The number of rotatable bonds is 1. The highest BCUT2D eigenvalue weighted by molar-refractivity contribution is 7.79. The second kappa shape index (κ2) is 2.37. The molecule has 0 amide bonds. The first-order chi connectivity index (χ1) is 3.83. The molecule has 0 saturated carbocycles. The SMILES string of the molecule is Nc1cc(CS)ns1. The monoisotopic (exact) mass is 146 g/mol. The summed E-state index contributed by atoms with van der Waals surface area (Å²) in [7, 11) is 0. The molecule has 0 unspecified atom stereocenters. The minimum Gasteiger partial charge on any atom is -0.389 e. The zero-order chi connectivity index (χ0) is 5.98. The largest absolute Gasteiger partial charge is 0.389 e. The maximum atomic E-state index is 5.38. The van der Waals surface area contributed by atoms with Crippen LogP contribution >= 0.6 is 24.2 Å². The lowest BCUT2D eigenvalue weighted by molar-refractivity contribution is 1.31. The van der Waals surface area contributed by atoms with Crippen LogP contribution in [0.15, 0.2) is 6.07 Å². The molecule has 8 heavy (non-hydrogen) atoms. The Balaban J connectivity index is 2.84. The van der Waals surface area contributed by atoms with E-state index in [0.29, 0.717) is 5.75 Å². The number of thiol groups is 1. The number of nitrogens with zero attached hydrogens (tertiary/aromatic N) is 1. The lowest BCUT2D eigenvalue weighted by Crippen LogP contribution is -1.75. The molecular weight excluding hydrogens is 140 g/mol. The number of hydrogen-bond acceptors (Lipinski definition) is 4. The van der Waals surface area contributed by atoms with Crippen molar-refractivity contribution in [3.8, 4) is 0 Å². The van der Waals surface area contributed by atoms with Gasteiger partial charge in [0.25, 0.3) is 0 Å². The van der Waals surface area contributed by atoms with E-state index < -0.39 is 0 Å². The van der Waals surface area contributed by atoms with Gasteiger partial charge in [0.2, 0.25) is 0 Å². The van der Waals surface area contributed by atoms with Gasteiger partial charge in [-0.3, -0.25) is 0 Å². The van der Waals surface area contributed by atoms with Crippen molar-refractivity contribution in [3.05, 3.63) is 11.8 Å². The van der Waals surface area contributed by atoms with E-state index in [-0.39, 0.29) is 0 Å². The van der Waals surface area contributed by atoms with Crippen molar-refractivity contribution < 1.29 is 0 Å². The summed E-state index contributed by atoms with van der Waals surface area (Å²) in [4.78, 5) is 0. The van der Waals surface area contributed by atoms with E-state index in [9.17, 15) is 0 Å². The van der Waals surface area contributed by atoms with Crippen LogP contribution < -0.4 is 5.73 Å². The smallest absolute Gasteiger partial charge is 0.107 e. The quantitative estimate of drug-likeness (QED) is 0.583. The fourth-order valence-electron chi connectivity index (χ4n) is 0.403. The summed E-state index contributed by atoms with van der Waals surface area (Å²) < 4.78 is 3.97. The zero-order valence-electron chi connectivity index (χ0n) is 4.16. The Morgan fingerprint density at radius 2 is 2.62 bits per heavy atom. The summed E-state index contributed by atoms with van der Waals surface area (Å²) in [6, 6.07) is 1.83. The molecule has 2 nitrogen and oxygen atoms in total. The molecule has 0 aliphatic carbocycles. The molecule has 0 bridgehead atoms. The highest BCUT2D eigenvalue weighted by atomic mass is 32.1. The lowest BCUT2D eigenvalue weighted by atomic mass is 10.5. The van der Waals surface area contributed by atoms with Crippen molar-refractivity contribution in [3.63, 3.8) is 0 Å². The molecule has 0 fully saturated rings. The van der Waals surface area contributed by atoms with Crippen LogP contribution in [0.1, 0.15) is 5.69 Å². The van der Waals surface area contributed by atoms with Crippen LogP contribution in [0.2, 0.25) is 0 Å². The molecule has 0 saturated heterocycles. The van der Waals surface area contributed by atoms with Gasteiger partial charge < -0.3 is 5.73 Å². The molecule has 1 aromatic heterocycles. The summed E-state index contributed by atoms with van der Waals surface area (Å²) in [6.07, 6.45) is 0. The number of aromatic nitrogens is 1. The van der Waals surface area contributed by atoms with E-state index in [1.165, 1.54) is 11.5 Å². The minimum absolute atomic E-state index is 0.674. The van der Waals surface area contributed by atoms with Gasteiger partial charge >= 0.3 is 0 Å². The summed E-state index contributed by atoms with van der Waals surface area (Å²) >= 11 is 5.32. The Morgan fingerprint density at radius 1 is 1.88 bits per heavy atom. The predicted octanol–water partition coefficient (Wildman–Crippen LogP) is 1.16. The van der Waals surface area contributed by atoms with Crippen LogP contribution in [0.25, 0.3) is 0 Å². The maximum Gasteiger partial charge on any atom is 0.107 e. The Kier molecular flexibility index (Phi) is 1.75. The minimum atomic E-state index is 0.674. The third kappa shape index (κ3) is 1.14. The molecule has 1 rings (SSSR count). The van der Waals surface area contributed by atoms with Crippen molar-refractivity contribution in [1.82, 2.24) is 4.37 Å². The molecule has 0 spiro atoms. The van der Waals surface area contributed by atoms with Gasteiger partial charge in [0.15, 0.2) is 0 Å². The highest BCUT2D eigenvalue weighted by Crippen LogP contribution is 2.12. The average molecular weight is 146 g/mol. The number of nitrogens with two attached hydrogens (primary N) is 1. The lowest BCUT2D eigenvalue weighted by Gasteiger charge is -1.77. The van der Waals surface area contributed by atoms with E-state index in [2.05, 4.69) is 17.0 Å². The molecule has 1 heterocycles. The van der Waals surface area contributed by atoms with Gasteiger partial charge in [-0.05, 0) is 17.6 Å². The number of nitrogen functional groups attached to an aromatic ring is 1. The van der Waals surface area contributed by atoms with Gasteiger partial charge in [-0.2, -0.15) is 17.0 Å². The molecule has 4 heteroatoms. The summed E-state index contributed by atoms with van der Waals surface area (Å²) in [5, 5.41) is 0.758. The fraction of sp³-hybridized carbons (Fsp3) is 0.250. The van der Waals surface area contributed by atoms with Crippen LogP contribution in [-0.2, 0) is 5.75 Å². The highest BCUT2D eigenvalue weighted by Gasteiger charge is 1.92. The Hall–Kier alpha value is -0.220. The first kappa shape index (κ1) is 5.91. The van der Waals surface area contributed by atoms with Gasteiger partial charge in [0.1, 0.15) is 5.00 Å². The van der Waals surface area contributed by atoms with E-state index in [0.717, 1.165) is 10.7 Å². The van der Waals surface area contributed by atoms with E-state index in [4.69, 9.17) is 5.73 Å². The van der Waals surface area contributed by atoms with Gasteiger partial charge in [0.05, 0.1) is 5.69 Å². The average Bonchev–Trinajstić information content (AvgIpc) is 2.14. The van der Waals surface area contributed by atoms with Gasteiger partial charge in [-0.15, -0.1) is 0 Å². The number of anilines is 1. The van der Waals surface area contributed by atoms with Crippen LogP contribution in [0.4, 0.5) is 5.00 Å². The molecule has 2 N–H and O–H groups in total. The number of hydrogen-bond donors (Lipinski definition) is 2. The molecule has 1 aromatic rings. The van der Waals surface area contributed by atoms with E-state index in [1.807, 2.05) is 6.07 Å². The zero-order valence-corrected chi connectivity index (χ0v) is 5.88. The summed E-state index contributed by atoms with van der Waals surface area (Å²) in [5.74, 6) is 0.674. The Bertz CT molecular complexity index is 172. The van der Waals surface area contributed by atoms with Crippen molar-refractivity contribution in [1.29, 1.82) is 0 Å². The van der Waals surface area contributed by atoms with Crippen LogP contribution in [0.3, 0.4) is 0 Å². The van der Waals surface area contributed by atoms with Gasteiger partial charge in [-0.25, -0.2) is 0 Å². The van der Waals surface area contributed by atoms with Gasteiger partial charge in [0, 0.05) is 5.75 Å². The van der Waals surface area contributed by atoms with Crippen molar-refractivity contribution >= 4 is 29.2 Å². The Labute approximate surface area is 57.3 Å². The van der Waals surface area contributed by atoms with Crippen LogP contribution in [0, 0.1) is 0 Å². The third-order valence-electron chi connectivity index (χ3n) is 0.739. The molecular formula is C4H6N2S2.